The summed E-state index contributed by atoms with van der Waals surface area (Å²) in [5, 5.41) is 4.46. The van der Waals surface area contributed by atoms with E-state index >= 15 is 0 Å². The van der Waals surface area contributed by atoms with E-state index in [0.717, 1.165) is 23.5 Å². The summed E-state index contributed by atoms with van der Waals surface area (Å²) in [6.45, 7) is 6.34. The maximum absolute atomic E-state index is 6.23. The molecule has 0 aliphatic rings. The lowest BCUT2D eigenvalue weighted by Crippen LogP contribution is -2.20. The molecule has 2 aromatic rings. The highest BCUT2D eigenvalue weighted by Gasteiger charge is 2.18. The highest BCUT2D eigenvalue weighted by molar-refractivity contribution is 5.37. The molecule has 0 spiro atoms. The summed E-state index contributed by atoms with van der Waals surface area (Å²) < 4.78 is 3.88. The van der Waals surface area contributed by atoms with E-state index in [-0.39, 0.29) is 6.04 Å². The first-order chi connectivity index (χ1) is 8.54. The maximum atomic E-state index is 6.23. The zero-order chi connectivity index (χ0) is 13.3. The Kier molecular flexibility index (Phi) is 3.52. The van der Waals surface area contributed by atoms with Gasteiger partial charge in [0.05, 0.1) is 29.6 Å². The molecule has 2 aromatic heterocycles. The van der Waals surface area contributed by atoms with Crippen molar-refractivity contribution in [3.63, 3.8) is 0 Å². The predicted molar refractivity (Wildman–Crippen MR) is 71.5 cm³/mol. The third-order valence-corrected chi connectivity index (χ3v) is 3.20. The lowest BCUT2D eigenvalue weighted by Gasteiger charge is -2.17. The van der Waals surface area contributed by atoms with Crippen LogP contribution in [0.5, 0.6) is 0 Å². The van der Waals surface area contributed by atoms with Crippen LogP contribution in [0.3, 0.4) is 0 Å². The quantitative estimate of drug-likeness (QED) is 0.896. The second-order valence-electron chi connectivity index (χ2n) is 4.95. The number of nitrogens with zero attached hydrogens (tertiary/aromatic N) is 4. The van der Waals surface area contributed by atoms with Gasteiger partial charge >= 0.3 is 0 Å². The van der Waals surface area contributed by atoms with E-state index < -0.39 is 0 Å². The van der Waals surface area contributed by atoms with Gasteiger partial charge in [0.2, 0.25) is 0 Å². The van der Waals surface area contributed by atoms with E-state index in [1.54, 1.807) is 0 Å². The molecule has 5 heteroatoms. The Morgan fingerprint density at radius 3 is 2.72 bits per heavy atom. The van der Waals surface area contributed by atoms with Gasteiger partial charge in [0.15, 0.2) is 0 Å². The van der Waals surface area contributed by atoms with Crippen molar-refractivity contribution >= 4 is 0 Å². The Hall–Kier alpha value is -1.62. The molecule has 0 amide bonds. The molecule has 0 aromatic carbocycles. The largest absolute Gasteiger partial charge is 0.322 e. The fourth-order valence-electron chi connectivity index (χ4n) is 2.07. The van der Waals surface area contributed by atoms with Crippen molar-refractivity contribution in [2.45, 2.75) is 33.2 Å². The summed E-state index contributed by atoms with van der Waals surface area (Å²) >= 11 is 0. The zero-order valence-electron chi connectivity index (χ0n) is 11.5. The molecule has 0 aliphatic heterocycles. The van der Waals surface area contributed by atoms with E-state index in [2.05, 4.69) is 35.4 Å². The van der Waals surface area contributed by atoms with Crippen LogP contribution in [-0.2, 0) is 13.5 Å². The van der Waals surface area contributed by atoms with E-state index in [1.807, 2.05) is 30.5 Å². The second kappa shape index (κ2) is 4.94. The SMILES string of the molecule is CCc1nn(C)cc1-n1cncc1C(N)C(C)C. The van der Waals surface area contributed by atoms with Crippen LogP contribution in [0.15, 0.2) is 18.7 Å². The van der Waals surface area contributed by atoms with Gasteiger partial charge in [0.1, 0.15) is 0 Å². The second-order valence-corrected chi connectivity index (χ2v) is 4.95. The Morgan fingerprint density at radius 1 is 1.39 bits per heavy atom. The van der Waals surface area contributed by atoms with Gasteiger partial charge in [-0.05, 0) is 12.3 Å². The summed E-state index contributed by atoms with van der Waals surface area (Å²) in [6, 6.07) is -0.0163. The van der Waals surface area contributed by atoms with Crippen LogP contribution in [0, 0.1) is 5.92 Å². The van der Waals surface area contributed by atoms with Crippen molar-refractivity contribution < 1.29 is 0 Å². The molecule has 2 rings (SSSR count). The first kappa shape index (κ1) is 12.8. The molecule has 0 fully saturated rings. The molecule has 0 bridgehead atoms. The normalized spacial score (nSPS) is 13.2. The van der Waals surface area contributed by atoms with Crippen LogP contribution in [0.25, 0.3) is 5.69 Å². The Morgan fingerprint density at radius 2 is 2.11 bits per heavy atom. The number of imidazole rings is 1. The van der Waals surface area contributed by atoms with Gasteiger partial charge in [-0.2, -0.15) is 5.10 Å². The first-order valence-corrected chi connectivity index (χ1v) is 6.35. The smallest absolute Gasteiger partial charge is 0.0995 e. The van der Waals surface area contributed by atoms with Crippen molar-refractivity contribution in [2.75, 3.05) is 0 Å². The lowest BCUT2D eigenvalue weighted by molar-refractivity contribution is 0.496. The summed E-state index contributed by atoms with van der Waals surface area (Å²) in [5.41, 5.74) is 9.40. The van der Waals surface area contributed by atoms with Gasteiger partial charge in [-0.3, -0.25) is 9.25 Å². The number of aromatic nitrogens is 4. The highest BCUT2D eigenvalue weighted by atomic mass is 15.3. The minimum atomic E-state index is -0.0163. The molecular formula is C13H21N5. The number of rotatable bonds is 4. The van der Waals surface area contributed by atoms with E-state index in [9.17, 15) is 0 Å². The van der Waals surface area contributed by atoms with E-state index in [0.29, 0.717) is 5.92 Å². The summed E-state index contributed by atoms with van der Waals surface area (Å²) in [7, 11) is 1.93. The van der Waals surface area contributed by atoms with Gasteiger partial charge < -0.3 is 5.73 Å². The fourth-order valence-corrected chi connectivity index (χ4v) is 2.07. The Balaban J connectivity index is 2.48. The molecule has 0 saturated heterocycles. The third-order valence-electron chi connectivity index (χ3n) is 3.20. The fraction of sp³-hybridized carbons (Fsp3) is 0.538. The van der Waals surface area contributed by atoms with Gasteiger partial charge in [0.25, 0.3) is 0 Å². The molecule has 0 saturated carbocycles. The highest BCUT2D eigenvalue weighted by Crippen LogP contribution is 2.23. The van der Waals surface area contributed by atoms with Crippen molar-refractivity contribution in [1.29, 1.82) is 0 Å². The first-order valence-electron chi connectivity index (χ1n) is 6.35. The standard InChI is InChI=1S/C13H21N5/c1-5-10-12(7-17(4)16-10)18-8-15-6-11(18)13(14)9(2)3/h6-9,13H,5,14H2,1-4H3. The average molecular weight is 247 g/mol. The van der Waals surface area contributed by atoms with Crippen molar-refractivity contribution in [3.8, 4) is 5.69 Å². The lowest BCUT2D eigenvalue weighted by atomic mass is 10.0. The van der Waals surface area contributed by atoms with Gasteiger partial charge in [-0.15, -0.1) is 0 Å². The van der Waals surface area contributed by atoms with Gasteiger partial charge in [0, 0.05) is 19.3 Å². The van der Waals surface area contributed by atoms with E-state index in [1.165, 1.54) is 0 Å². The van der Waals surface area contributed by atoms with Crippen LogP contribution >= 0.6 is 0 Å². The van der Waals surface area contributed by atoms with Crippen LogP contribution < -0.4 is 5.73 Å². The number of hydrogen-bond donors (Lipinski definition) is 1. The molecule has 18 heavy (non-hydrogen) atoms. The number of aryl methyl sites for hydroxylation is 2. The molecule has 2 heterocycles. The summed E-state index contributed by atoms with van der Waals surface area (Å²) in [5.74, 6) is 0.377. The van der Waals surface area contributed by atoms with Gasteiger partial charge in [-0.1, -0.05) is 20.8 Å². The summed E-state index contributed by atoms with van der Waals surface area (Å²) in [6.07, 6.45) is 6.56. The van der Waals surface area contributed by atoms with Crippen LogP contribution in [0.4, 0.5) is 0 Å². The van der Waals surface area contributed by atoms with Crippen LogP contribution in [-0.4, -0.2) is 19.3 Å². The van der Waals surface area contributed by atoms with Crippen molar-refractivity contribution in [3.05, 3.63) is 30.1 Å². The van der Waals surface area contributed by atoms with Gasteiger partial charge in [-0.25, -0.2) is 4.98 Å². The zero-order valence-corrected chi connectivity index (χ0v) is 11.5. The topological polar surface area (TPSA) is 61.7 Å². The minimum Gasteiger partial charge on any atom is -0.322 e. The minimum absolute atomic E-state index is 0.0163. The molecule has 0 radical (unpaired) electrons. The number of nitrogens with two attached hydrogens (primary N) is 1. The van der Waals surface area contributed by atoms with Crippen molar-refractivity contribution in [2.24, 2.45) is 18.7 Å². The Labute approximate surface area is 108 Å². The van der Waals surface area contributed by atoms with E-state index in [4.69, 9.17) is 5.73 Å². The molecular weight excluding hydrogens is 226 g/mol. The molecule has 1 unspecified atom stereocenters. The summed E-state index contributed by atoms with van der Waals surface area (Å²) in [4.78, 5) is 4.23. The third kappa shape index (κ3) is 2.18. The molecule has 0 aliphatic carbocycles. The molecule has 98 valence electrons. The average Bonchev–Trinajstić information content (AvgIpc) is 2.93. The van der Waals surface area contributed by atoms with Crippen LogP contribution in [0.1, 0.15) is 38.2 Å². The predicted octanol–water partition coefficient (Wildman–Crippen LogP) is 1.82. The monoisotopic (exact) mass is 247 g/mol. The molecule has 2 N–H and O–H groups in total. The Bertz CT molecular complexity index is 523. The number of hydrogen-bond acceptors (Lipinski definition) is 3. The van der Waals surface area contributed by atoms with Crippen molar-refractivity contribution in [1.82, 2.24) is 19.3 Å². The molecule has 5 nitrogen and oxygen atoms in total. The molecule has 1 atom stereocenters. The van der Waals surface area contributed by atoms with Crippen LogP contribution in [0.2, 0.25) is 0 Å². The maximum Gasteiger partial charge on any atom is 0.0995 e.